The molecule has 2 atom stereocenters. The van der Waals surface area contributed by atoms with E-state index in [1.165, 1.54) is 12.8 Å². The summed E-state index contributed by atoms with van der Waals surface area (Å²) in [7, 11) is 3.87. The van der Waals surface area contributed by atoms with Gasteiger partial charge in [0.2, 0.25) is 0 Å². The van der Waals surface area contributed by atoms with Gasteiger partial charge in [-0.05, 0) is 37.8 Å². The average Bonchev–Trinajstić information content (AvgIpc) is 2.93. The van der Waals surface area contributed by atoms with Gasteiger partial charge < -0.3 is 14.8 Å². The molecule has 2 saturated heterocycles. The van der Waals surface area contributed by atoms with Crippen molar-refractivity contribution in [2.75, 3.05) is 7.05 Å². The molecule has 1 aromatic heterocycles. The van der Waals surface area contributed by atoms with Crippen LogP contribution in [0.15, 0.2) is 18.3 Å². The Morgan fingerprint density at radius 1 is 1.37 bits per heavy atom. The van der Waals surface area contributed by atoms with Crippen molar-refractivity contribution >= 4 is 18.3 Å². The predicted molar refractivity (Wildman–Crippen MR) is 77.7 cm³/mol. The highest BCUT2D eigenvalue weighted by Gasteiger charge is 2.36. The van der Waals surface area contributed by atoms with Gasteiger partial charge >= 0.3 is 0 Å². The second kappa shape index (κ2) is 5.55. The molecule has 4 nitrogen and oxygen atoms in total. The minimum Gasteiger partial charge on any atom is -0.347 e. The van der Waals surface area contributed by atoms with Crippen molar-refractivity contribution in [3.8, 4) is 0 Å². The summed E-state index contributed by atoms with van der Waals surface area (Å²) in [4.78, 5) is 14.4. The number of fused-ring (bicyclic) bond motifs is 2. The molecule has 2 aliphatic heterocycles. The minimum atomic E-state index is 0. The van der Waals surface area contributed by atoms with Gasteiger partial charge in [-0.15, -0.1) is 12.4 Å². The van der Waals surface area contributed by atoms with Crippen LogP contribution in [0.1, 0.15) is 36.2 Å². The van der Waals surface area contributed by atoms with Crippen molar-refractivity contribution in [2.45, 2.75) is 43.8 Å². The summed E-state index contributed by atoms with van der Waals surface area (Å²) in [6, 6.07) is 5.46. The lowest BCUT2D eigenvalue weighted by atomic mass is 9.98. The molecule has 2 bridgehead atoms. The van der Waals surface area contributed by atoms with Gasteiger partial charge in [-0.3, -0.25) is 4.79 Å². The minimum absolute atomic E-state index is 0. The molecule has 19 heavy (non-hydrogen) atoms. The monoisotopic (exact) mass is 283 g/mol. The molecule has 1 aromatic rings. The van der Waals surface area contributed by atoms with Crippen LogP contribution >= 0.6 is 12.4 Å². The van der Waals surface area contributed by atoms with Gasteiger partial charge in [-0.25, -0.2) is 0 Å². The normalized spacial score (nSPS) is 28.8. The van der Waals surface area contributed by atoms with E-state index < -0.39 is 0 Å². The van der Waals surface area contributed by atoms with Gasteiger partial charge in [0.15, 0.2) is 0 Å². The van der Waals surface area contributed by atoms with Gasteiger partial charge in [-0.2, -0.15) is 0 Å². The van der Waals surface area contributed by atoms with Gasteiger partial charge in [-0.1, -0.05) is 0 Å². The van der Waals surface area contributed by atoms with Crippen LogP contribution in [0.4, 0.5) is 0 Å². The molecule has 3 rings (SSSR count). The fourth-order valence-electron chi connectivity index (χ4n) is 3.37. The Bertz CT molecular complexity index is 447. The molecule has 2 unspecified atom stereocenters. The maximum absolute atomic E-state index is 12.4. The molecule has 0 spiro atoms. The molecule has 3 heterocycles. The third kappa shape index (κ3) is 2.65. The van der Waals surface area contributed by atoms with Crippen molar-refractivity contribution in [3.63, 3.8) is 0 Å². The van der Waals surface area contributed by atoms with E-state index in [1.54, 1.807) is 0 Å². The Morgan fingerprint density at radius 3 is 2.53 bits per heavy atom. The number of rotatable bonds is 2. The Hall–Kier alpha value is -1.00. The Balaban J connectivity index is 0.00000133. The smallest absolute Gasteiger partial charge is 0.270 e. The van der Waals surface area contributed by atoms with Crippen LogP contribution in [0.2, 0.25) is 0 Å². The number of halogens is 1. The number of aromatic nitrogens is 1. The van der Waals surface area contributed by atoms with Crippen molar-refractivity contribution < 1.29 is 4.79 Å². The quantitative estimate of drug-likeness (QED) is 0.899. The fourth-order valence-corrected chi connectivity index (χ4v) is 3.37. The zero-order chi connectivity index (χ0) is 12.7. The first-order valence-electron chi connectivity index (χ1n) is 6.79. The van der Waals surface area contributed by atoms with Crippen LogP contribution in [0.25, 0.3) is 0 Å². The molecular weight excluding hydrogens is 262 g/mol. The summed E-state index contributed by atoms with van der Waals surface area (Å²) < 4.78 is 1.90. The third-order valence-electron chi connectivity index (χ3n) is 4.48. The standard InChI is InChI=1S/C14H21N3O.ClH/c1-16-7-3-4-13(16)14(18)17(2)12-8-10-5-6-11(9-12)15-10;/h3-4,7,10-12,15H,5-6,8-9H2,1-2H3;1H. The zero-order valence-electron chi connectivity index (χ0n) is 11.5. The van der Waals surface area contributed by atoms with Crippen LogP contribution < -0.4 is 5.32 Å². The molecule has 0 radical (unpaired) electrons. The Morgan fingerprint density at radius 2 is 2.00 bits per heavy atom. The van der Waals surface area contributed by atoms with Crippen molar-refractivity contribution in [3.05, 3.63) is 24.0 Å². The van der Waals surface area contributed by atoms with Gasteiger partial charge in [0.05, 0.1) is 0 Å². The van der Waals surface area contributed by atoms with E-state index >= 15 is 0 Å². The highest BCUT2D eigenvalue weighted by atomic mass is 35.5. The largest absolute Gasteiger partial charge is 0.347 e. The lowest BCUT2D eigenvalue weighted by molar-refractivity contribution is 0.0672. The molecule has 0 saturated carbocycles. The molecule has 2 aliphatic rings. The molecule has 2 fully saturated rings. The lowest BCUT2D eigenvalue weighted by Gasteiger charge is -2.35. The highest BCUT2D eigenvalue weighted by molar-refractivity contribution is 5.92. The Labute approximate surface area is 120 Å². The Kier molecular flexibility index (Phi) is 4.21. The summed E-state index contributed by atoms with van der Waals surface area (Å²) in [6.07, 6.45) is 6.67. The molecule has 5 heteroatoms. The number of aryl methyl sites for hydroxylation is 1. The van der Waals surface area contributed by atoms with Crippen LogP contribution in [0.3, 0.4) is 0 Å². The topological polar surface area (TPSA) is 37.3 Å². The van der Waals surface area contributed by atoms with E-state index in [4.69, 9.17) is 0 Å². The first kappa shape index (κ1) is 14.4. The van der Waals surface area contributed by atoms with E-state index in [2.05, 4.69) is 5.32 Å². The van der Waals surface area contributed by atoms with E-state index in [1.807, 2.05) is 41.9 Å². The fraction of sp³-hybridized carbons (Fsp3) is 0.643. The number of carbonyl (C=O) groups is 1. The number of nitrogens with one attached hydrogen (secondary N) is 1. The van der Waals surface area contributed by atoms with Crippen LogP contribution in [-0.2, 0) is 7.05 Å². The van der Waals surface area contributed by atoms with Gasteiger partial charge in [0.25, 0.3) is 5.91 Å². The number of piperidine rings is 1. The maximum atomic E-state index is 12.4. The maximum Gasteiger partial charge on any atom is 0.270 e. The van der Waals surface area contributed by atoms with Crippen LogP contribution in [0.5, 0.6) is 0 Å². The molecule has 106 valence electrons. The summed E-state index contributed by atoms with van der Waals surface area (Å²) in [5.41, 5.74) is 0.781. The second-order valence-electron chi connectivity index (χ2n) is 5.68. The third-order valence-corrected chi connectivity index (χ3v) is 4.48. The number of hydrogen-bond donors (Lipinski definition) is 1. The first-order valence-corrected chi connectivity index (χ1v) is 6.79. The molecule has 1 amide bonds. The number of hydrogen-bond acceptors (Lipinski definition) is 2. The summed E-state index contributed by atoms with van der Waals surface area (Å²) in [5, 5.41) is 3.62. The molecule has 1 N–H and O–H groups in total. The van der Waals surface area contributed by atoms with E-state index in [0.29, 0.717) is 18.1 Å². The summed E-state index contributed by atoms with van der Waals surface area (Å²) >= 11 is 0. The summed E-state index contributed by atoms with van der Waals surface area (Å²) in [5.74, 6) is 0.147. The van der Waals surface area contributed by atoms with Crippen LogP contribution in [0, 0.1) is 0 Å². The predicted octanol–water partition coefficient (Wildman–Crippen LogP) is 1.80. The lowest BCUT2D eigenvalue weighted by Crippen LogP contribution is -2.49. The SMILES string of the molecule is CN(C(=O)c1cccn1C)C1CC2CCC(C1)N2.Cl. The average molecular weight is 284 g/mol. The second-order valence-corrected chi connectivity index (χ2v) is 5.68. The highest BCUT2D eigenvalue weighted by Crippen LogP contribution is 2.29. The van der Waals surface area contributed by atoms with Crippen molar-refractivity contribution in [1.82, 2.24) is 14.8 Å². The summed E-state index contributed by atoms with van der Waals surface area (Å²) in [6.45, 7) is 0. The number of nitrogens with zero attached hydrogens (tertiary/aromatic N) is 2. The molecule has 0 aromatic carbocycles. The first-order chi connectivity index (χ1) is 8.65. The van der Waals surface area contributed by atoms with Gasteiger partial charge in [0.1, 0.15) is 5.69 Å². The van der Waals surface area contributed by atoms with Gasteiger partial charge in [0, 0.05) is 38.4 Å². The van der Waals surface area contributed by atoms with Crippen molar-refractivity contribution in [1.29, 1.82) is 0 Å². The van der Waals surface area contributed by atoms with E-state index in [-0.39, 0.29) is 18.3 Å². The van der Waals surface area contributed by atoms with Crippen molar-refractivity contribution in [2.24, 2.45) is 7.05 Å². The zero-order valence-corrected chi connectivity index (χ0v) is 12.3. The number of amides is 1. The van der Waals surface area contributed by atoms with E-state index in [0.717, 1.165) is 18.5 Å². The van der Waals surface area contributed by atoms with Crippen LogP contribution in [-0.4, -0.2) is 40.5 Å². The van der Waals surface area contributed by atoms with E-state index in [9.17, 15) is 4.79 Å². The molecular formula is C14H22ClN3O. The molecule has 0 aliphatic carbocycles. The number of carbonyl (C=O) groups excluding carboxylic acids is 1.